The summed E-state index contributed by atoms with van der Waals surface area (Å²) in [5.74, 6) is 0.905. The highest BCUT2D eigenvalue weighted by Crippen LogP contribution is 2.32. The Balaban J connectivity index is 1.63. The van der Waals surface area contributed by atoms with Gasteiger partial charge in [0.1, 0.15) is 11.3 Å². The summed E-state index contributed by atoms with van der Waals surface area (Å²) >= 11 is 0. The minimum absolute atomic E-state index is 0.175. The number of carbonyl (C=O) groups is 2. The zero-order valence-corrected chi connectivity index (χ0v) is 15.4. The lowest BCUT2D eigenvalue weighted by atomic mass is 9.79. The fraction of sp³-hybridized carbons (Fsp3) is 0.579. The van der Waals surface area contributed by atoms with Crippen molar-refractivity contribution >= 4 is 11.9 Å². The molecule has 1 aromatic carbocycles. The van der Waals surface area contributed by atoms with Crippen LogP contribution in [0.3, 0.4) is 0 Å². The molecule has 0 aromatic heterocycles. The summed E-state index contributed by atoms with van der Waals surface area (Å²) in [6.45, 7) is 8.82. The largest absolute Gasteiger partial charge is 0.496 e. The van der Waals surface area contributed by atoms with Crippen molar-refractivity contribution < 1.29 is 14.3 Å². The number of ether oxygens (including phenoxy) is 1. The molecule has 0 saturated carbocycles. The number of methoxy groups -OCH3 is 1. The second-order valence-electron chi connectivity index (χ2n) is 7.34. The van der Waals surface area contributed by atoms with Crippen LogP contribution in [0.1, 0.15) is 36.5 Å². The number of nitrogens with one attached hydrogen (secondary N) is 2. The van der Waals surface area contributed by atoms with Crippen LogP contribution in [-0.4, -0.2) is 42.6 Å². The van der Waals surface area contributed by atoms with E-state index in [2.05, 4.69) is 35.4 Å². The molecule has 2 aliphatic rings. The van der Waals surface area contributed by atoms with Crippen molar-refractivity contribution in [2.45, 2.75) is 45.7 Å². The maximum absolute atomic E-state index is 12.1. The van der Waals surface area contributed by atoms with Gasteiger partial charge in [0.05, 0.1) is 7.11 Å². The molecule has 6 nitrogen and oxygen atoms in total. The van der Waals surface area contributed by atoms with E-state index in [4.69, 9.17) is 4.74 Å². The highest BCUT2D eigenvalue weighted by molar-refractivity contribution is 6.06. The van der Waals surface area contributed by atoms with Crippen LogP contribution in [0, 0.1) is 19.8 Å². The van der Waals surface area contributed by atoms with Crippen molar-refractivity contribution in [2.75, 3.05) is 20.2 Å². The predicted molar refractivity (Wildman–Crippen MR) is 95.5 cm³/mol. The third-order valence-electron chi connectivity index (χ3n) is 5.94. The Morgan fingerprint density at radius 3 is 2.44 bits per heavy atom. The summed E-state index contributed by atoms with van der Waals surface area (Å²) in [6, 6.07) is 3.79. The SMILES string of the molecule is COc1ccc(CN2CCC(C3(C)NC(=O)NC3=O)CC2)c(C)c1C. The third-order valence-corrected chi connectivity index (χ3v) is 5.94. The lowest BCUT2D eigenvalue weighted by Crippen LogP contribution is -2.53. The lowest BCUT2D eigenvalue weighted by Gasteiger charge is -2.38. The van der Waals surface area contributed by atoms with E-state index >= 15 is 0 Å². The van der Waals surface area contributed by atoms with Crippen LogP contribution in [-0.2, 0) is 11.3 Å². The first-order valence-corrected chi connectivity index (χ1v) is 8.84. The Bertz CT molecular complexity index is 695. The van der Waals surface area contributed by atoms with Gasteiger partial charge in [-0.1, -0.05) is 6.07 Å². The number of nitrogens with zero attached hydrogens (tertiary/aromatic N) is 1. The highest BCUT2D eigenvalue weighted by Gasteiger charge is 2.48. The molecule has 1 atom stereocenters. The molecule has 136 valence electrons. The van der Waals surface area contributed by atoms with Crippen LogP contribution >= 0.6 is 0 Å². The second kappa shape index (κ2) is 6.67. The average Bonchev–Trinajstić information content (AvgIpc) is 2.86. The molecule has 1 unspecified atom stereocenters. The van der Waals surface area contributed by atoms with Gasteiger partial charge in [0.15, 0.2) is 0 Å². The van der Waals surface area contributed by atoms with Gasteiger partial charge >= 0.3 is 6.03 Å². The first-order valence-electron chi connectivity index (χ1n) is 8.84. The molecule has 2 saturated heterocycles. The van der Waals surface area contributed by atoms with Gasteiger partial charge in [-0.15, -0.1) is 0 Å². The molecule has 3 rings (SSSR count). The van der Waals surface area contributed by atoms with Crippen LogP contribution in [0.2, 0.25) is 0 Å². The minimum atomic E-state index is -0.768. The number of hydrogen-bond donors (Lipinski definition) is 2. The minimum Gasteiger partial charge on any atom is -0.496 e. The second-order valence-corrected chi connectivity index (χ2v) is 7.34. The molecule has 25 heavy (non-hydrogen) atoms. The number of likely N-dealkylation sites (tertiary alicyclic amines) is 1. The first-order chi connectivity index (χ1) is 11.8. The van der Waals surface area contributed by atoms with Crippen LogP contribution in [0.15, 0.2) is 12.1 Å². The molecule has 0 aliphatic carbocycles. The summed E-state index contributed by atoms with van der Waals surface area (Å²) in [5, 5.41) is 5.18. The van der Waals surface area contributed by atoms with Gasteiger partial charge in [0.25, 0.3) is 5.91 Å². The number of imide groups is 1. The monoisotopic (exact) mass is 345 g/mol. The van der Waals surface area contributed by atoms with E-state index in [9.17, 15) is 9.59 Å². The number of amides is 3. The predicted octanol–water partition coefficient (Wildman–Crippen LogP) is 2.12. The summed E-state index contributed by atoms with van der Waals surface area (Å²) in [5.41, 5.74) is 3.01. The van der Waals surface area contributed by atoms with Crippen LogP contribution in [0.5, 0.6) is 5.75 Å². The number of hydrogen-bond acceptors (Lipinski definition) is 4. The van der Waals surface area contributed by atoms with Crippen LogP contribution < -0.4 is 15.4 Å². The van der Waals surface area contributed by atoms with Crippen LogP contribution in [0.4, 0.5) is 4.79 Å². The van der Waals surface area contributed by atoms with Crippen molar-refractivity contribution in [2.24, 2.45) is 5.92 Å². The third kappa shape index (κ3) is 3.23. The summed E-state index contributed by atoms with van der Waals surface area (Å²) < 4.78 is 5.39. The molecule has 2 aliphatic heterocycles. The fourth-order valence-corrected chi connectivity index (χ4v) is 4.00. The van der Waals surface area contributed by atoms with E-state index in [0.717, 1.165) is 38.2 Å². The molecule has 0 radical (unpaired) electrons. The topological polar surface area (TPSA) is 70.7 Å². The average molecular weight is 345 g/mol. The molecule has 0 bridgehead atoms. The van der Waals surface area contributed by atoms with Crippen molar-refractivity contribution in [1.29, 1.82) is 0 Å². The van der Waals surface area contributed by atoms with E-state index in [0.29, 0.717) is 0 Å². The van der Waals surface area contributed by atoms with E-state index in [-0.39, 0.29) is 17.9 Å². The zero-order valence-electron chi connectivity index (χ0n) is 15.4. The molecule has 1 aromatic rings. The van der Waals surface area contributed by atoms with Gasteiger partial charge in [0.2, 0.25) is 0 Å². The Hall–Kier alpha value is -2.08. The van der Waals surface area contributed by atoms with Gasteiger partial charge in [-0.2, -0.15) is 0 Å². The molecule has 2 fully saturated rings. The number of urea groups is 1. The van der Waals surface area contributed by atoms with Gasteiger partial charge in [-0.25, -0.2) is 4.79 Å². The van der Waals surface area contributed by atoms with Gasteiger partial charge in [-0.05, 0) is 75.4 Å². The van der Waals surface area contributed by atoms with Gasteiger partial charge in [-0.3, -0.25) is 15.0 Å². The molecule has 2 heterocycles. The Morgan fingerprint density at radius 1 is 1.20 bits per heavy atom. The maximum atomic E-state index is 12.1. The Labute approximate surface area is 148 Å². The molecular weight excluding hydrogens is 318 g/mol. The smallest absolute Gasteiger partial charge is 0.322 e. The molecule has 6 heteroatoms. The van der Waals surface area contributed by atoms with Crippen molar-refractivity contribution in [3.63, 3.8) is 0 Å². The Kier molecular flexibility index (Phi) is 4.73. The van der Waals surface area contributed by atoms with Crippen molar-refractivity contribution in [3.05, 3.63) is 28.8 Å². The normalized spacial score (nSPS) is 25.0. The highest BCUT2D eigenvalue weighted by atomic mass is 16.5. The molecule has 2 N–H and O–H groups in total. The van der Waals surface area contributed by atoms with E-state index in [1.54, 1.807) is 7.11 Å². The standard InChI is InChI=1S/C19H27N3O3/c1-12-13(2)16(25-4)6-5-14(12)11-22-9-7-15(8-10-22)19(3)17(23)20-18(24)21-19/h5-6,15H,7-11H2,1-4H3,(H2,20,21,23,24). The number of carbonyl (C=O) groups excluding carboxylic acids is 2. The number of rotatable bonds is 4. The van der Waals surface area contributed by atoms with Crippen molar-refractivity contribution in [3.8, 4) is 5.75 Å². The lowest BCUT2D eigenvalue weighted by molar-refractivity contribution is -0.125. The number of benzene rings is 1. The maximum Gasteiger partial charge on any atom is 0.322 e. The van der Waals surface area contributed by atoms with Crippen molar-refractivity contribution in [1.82, 2.24) is 15.5 Å². The molecular formula is C19H27N3O3. The zero-order chi connectivity index (χ0) is 18.2. The molecule has 3 amide bonds. The van der Waals surface area contributed by atoms with E-state index in [1.807, 2.05) is 13.0 Å². The van der Waals surface area contributed by atoms with Gasteiger partial charge < -0.3 is 10.1 Å². The quantitative estimate of drug-likeness (QED) is 0.820. The van der Waals surface area contributed by atoms with E-state index < -0.39 is 5.54 Å². The molecule has 0 spiro atoms. The van der Waals surface area contributed by atoms with Crippen LogP contribution in [0.25, 0.3) is 0 Å². The Morgan fingerprint density at radius 2 is 1.88 bits per heavy atom. The first kappa shape index (κ1) is 17.7. The van der Waals surface area contributed by atoms with E-state index in [1.165, 1.54) is 16.7 Å². The fourth-order valence-electron chi connectivity index (χ4n) is 4.00. The summed E-state index contributed by atoms with van der Waals surface area (Å²) in [4.78, 5) is 26.0. The van der Waals surface area contributed by atoms with Gasteiger partial charge in [0, 0.05) is 6.54 Å². The number of piperidine rings is 1. The summed E-state index contributed by atoms with van der Waals surface area (Å²) in [7, 11) is 1.70. The summed E-state index contributed by atoms with van der Waals surface area (Å²) in [6.07, 6.45) is 1.80.